The molecule has 0 amide bonds. The zero-order valence-corrected chi connectivity index (χ0v) is 11.5. The van der Waals surface area contributed by atoms with Crippen molar-refractivity contribution in [2.45, 2.75) is 58.0 Å². The fourth-order valence-electron chi connectivity index (χ4n) is 3.34. The van der Waals surface area contributed by atoms with Gasteiger partial charge < -0.3 is 7.85 Å². The first-order chi connectivity index (χ1) is 7.84. The highest BCUT2D eigenvalue weighted by Gasteiger charge is 2.51. The fourth-order valence-corrected chi connectivity index (χ4v) is 3.34. The van der Waals surface area contributed by atoms with Crippen molar-refractivity contribution in [2.75, 3.05) is 0 Å². The van der Waals surface area contributed by atoms with Crippen LogP contribution in [0.1, 0.15) is 48.4 Å². The molecule has 1 saturated heterocycles. The minimum absolute atomic E-state index is 0. The summed E-state index contributed by atoms with van der Waals surface area (Å²) in [5.41, 5.74) is 2.42. The van der Waals surface area contributed by atoms with Gasteiger partial charge in [0.15, 0.2) is 0 Å². The van der Waals surface area contributed by atoms with E-state index in [-0.39, 0.29) is 12.5 Å². The second kappa shape index (κ2) is 4.17. The van der Waals surface area contributed by atoms with Crippen molar-refractivity contribution in [1.29, 1.82) is 0 Å². The van der Waals surface area contributed by atoms with E-state index in [1.807, 2.05) is 12.1 Å². The number of benzene rings is 1. The van der Waals surface area contributed by atoms with E-state index in [1.54, 1.807) is 0 Å². The highest BCUT2D eigenvalue weighted by atomic mass is 15.3. The standard InChI is InChI=1S/C15H22BN/c1-14(2)10-7-11-15(3,4)17(14)13-9-6-5-8-12(13)16/h5-6,8-9H,7,10-11H2,1-4H3/p+1. The minimum Gasteiger partial charge on any atom is -0.572 e. The molecule has 0 N–H and O–H groups in total. The molecule has 1 nitrogen and oxygen atoms in total. The maximum atomic E-state index is 6.15. The number of hydrogen-bond acceptors (Lipinski definition) is 1. The summed E-state index contributed by atoms with van der Waals surface area (Å²) in [6.07, 6.45) is 3.75. The van der Waals surface area contributed by atoms with Gasteiger partial charge in [-0.15, -0.1) is 11.0 Å². The lowest BCUT2D eigenvalue weighted by Gasteiger charge is -2.44. The van der Waals surface area contributed by atoms with Gasteiger partial charge in [0.1, 0.15) is 16.8 Å². The molecule has 4 radical (unpaired) electrons. The first-order valence-electron chi connectivity index (χ1n) is 6.49. The lowest BCUT2D eigenvalue weighted by Crippen LogP contribution is -2.61. The van der Waals surface area contributed by atoms with E-state index in [0.717, 1.165) is 5.46 Å². The SMILES string of the molecule is [B-]c1ccccc1[N+]1C(C)(C)CCCC1(C)C.[H+]. The summed E-state index contributed by atoms with van der Waals surface area (Å²) in [5.74, 6) is 0. The Labute approximate surface area is 108 Å². The van der Waals surface area contributed by atoms with Crippen LogP contribution in [-0.4, -0.2) is 18.9 Å². The van der Waals surface area contributed by atoms with Gasteiger partial charge in [-0.3, -0.25) is 5.46 Å². The second-order valence-electron chi connectivity index (χ2n) is 6.37. The lowest BCUT2D eigenvalue weighted by atomic mass is 9.78. The van der Waals surface area contributed by atoms with Gasteiger partial charge in [-0.1, -0.05) is 12.1 Å². The van der Waals surface area contributed by atoms with E-state index in [2.05, 4.69) is 44.7 Å². The van der Waals surface area contributed by atoms with Crippen LogP contribution < -0.4 is 10.4 Å². The maximum absolute atomic E-state index is 6.15. The van der Waals surface area contributed by atoms with Crippen molar-refractivity contribution < 1.29 is 1.43 Å². The molecule has 0 saturated carbocycles. The van der Waals surface area contributed by atoms with Gasteiger partial charge >= 0.3 is 1.43 Å². The van der Waals surface area contributed by atoms with Crippen LogP contribution in [-0.2, 0) is 0 Å². The van der Waals surface area contributed by atoms with Crippen LogP contribution in [0.4, 0.5) is 5.69 Å². The lowest BCUT2D eigenvalue weighted by molar-refractivity contribution is 0.110. The molecule has 1 fully saturated rings. The van der Waals surface area contributed by atoms with Crippen LogP contribution in [0.25, 0.3) is 0 Å². The first kappa shape index (κ1) is 12.7. The summed E-state index contributed by atoms with van der Waals surface area (Å²) in [7, 11) is 6.15. The number of nitrogens with zero attached hydrogens (tertiary/aromatic N) is 1. The molecule has 1 aromatic rings. The molecular formula is C15H23BN+. The molecule has 0 bridgehead atoms. The fraction of sp³-hybridized carbons (Fsp3) is 0.600. The predicted molar refractivity (Wildman–Crippen MR) is 76.7 cm³/mol. The van der Waals surface area contributed by atoms with Crippen LogP contribution in [0, 0.1) is 0 Å². The second-order valence-corrected chi connectivity index (χ2v) is 6.37. The van der Waals surface area contributed by atoms with Gasteiger partial charge in [0.25, 0.3) is 0 Å². The monoisotopic (exact) mass is 228 g/mol. The van der Waals surface area contributed by atoms with E-state index in [0.29, 0.717) is 0 Å². The summed E-state index contributed by atoms with van der Waals surface area (Å²) in [4.78, 5) is 2.51. The number of piperidine rings is 1. The van der Waals surface area contributed by atoms with Crippen molar-refractivity contribution in [3.05, 3.63) is 24.3 Å². The van der Waals surface area contributed by atoms with Crippen molar-refractivity contribution in [2.24, 2.45) is 0 Å². The van der Waals surface area contributed by atoms with E-state index >= 15 is 0 Å². The maximum Gasteiger partial charge on any atom is 1.00 e. The summed E-state index contributed by atoms with van der Waals surface area (Å²) in [5, 5.41) is 0. The third-order valence-corrected chi connectivity index (χ3v) is 3.97. The molecule has 90 valence electrons. The average molecular weight is 228 g/mol. The molecular weight excluding hydrogens is 205 g/mol. The van der Waals surface area contributed by atoms with E-state index < -0.39 is 0 Å². The van der Waals surface area contributed by atoms with Crippen LogP contribution >= 0.6 is 0 Å². The quantitative estimate of drug-likeness (QED) is 0.514. The molecule has 2 heteroatoms. The van der Waals surface area contributed by atoms with Crippen LogP contribution in [0.3, 0.4) is 0 Å². The van der Waals surface area contributed by atoms with Gasteiger partial charge in [0.05, 0.1) is 0 Å². The van der Waals surface area contributed by atoms with Crippen LogP contribution in [0.5, 0.6) is 0 Å². The molecule has 1 aliphatic heterocycles. The molecule has 2 rings (SSSR count). The van der Waals surface area contributed by atoms with Crippen molar-refractivity contribution in [3.63, 3.8) is 0 Å². The first-order valence-corrected chi connectivity index (χ1v) is 6.49. The Morgan fingerprint density at radius 2 is 1.59 bits per heavy atom. The Morgan fingerprint density at radius 3 is 2.12 bits per heavy atom. The normalized spacial score (nSPS) is 23.6. The third kappa shape index (κ3) is 2.28. The van der Waals surface area contributed by atoms with Crippen molar-refractivity contribution in [1.82, 2.24) is 4.90 Å². The summed E-state index contributed by atoms with van der Waals surface area (Å²) >= 11 is 0. The van der Waals surface area contributed by atoms with Gasteiger partial charge in [-0.25, -0.2) is 0 Å². The average Bonchev–Trinajstić information content (AvgIpc) is 2.18. The topological polar surface area (TPSA) is 5.90 Å². The molecule has 1 aromatic carbocycles. The van der Waals surface area contributed by atoms with Gasteiger partial charge in [0.2, 0.25) is 0 Å². The van der Waals surface area contributed by atoms with Gasteiger partial charge in [-0.2, -0.15) is 0 Å². The summed E-state index contributed by atoms with van der Waals surface area (Å²) < 4.78 is 0. The highest BCUT2D eigenvalue weighted by Crippen LogP contribution is 2.40. The van der Waals surface area contributed by atoms with E-state index in [1.165, 1.54) is 24.9 Å². The zero-order valence-electron chi connectivity index (χ0n) is 12.5. The van der Waals surface area contributed by atoms with Crippen LogP contribution in [0.15, 0.2) is 24.3 Å². The zero-order chi connectivity index (χ0) is 12.7. The molecule has 0 aromatic heterocycles. The Balaban J connectivity index is 0.00000162. The molecule has 1 aliphatic rings. The van der Waals surface area contributed by atoms with Gasteiger partial charge in [0, 0.05) is 18.9 Å². The molecule has 0 unspecified atom stereocenters. The summed E-state index contributed by atoms with van der Waals surface area (Å²) in [6.45, 7) is 9.28. The molecule has 0 spiro atoms. The molecule has 1 heterocycles. The third-order valence-electron chi connectivity index (χ3n) is 3.97. The Kier molecular flexibility index (Phi) is 3.11. The Morgan fingerprint density at radius 1 is 1.06 bits per heavy atom. The minimum atomic E-state index is 0. The number of para-hydroxylation sites is 1. The summed E-state index contributed by atoms with van der Waals surface area (Å²) in [6, 6.07) is 8.22. The van der Waals surface area contributed by atoms with E-state index in [4.69, 9.17) is 7.85 Å². The van der Waals surface area contributed by atoms with Crippen molar-refractivity contribution in [3.8, 4) is 0 Å². The largest absolute Gasteiger partial charge is 1.00 e. The Hall–Kier alpha value is -0.755. The van der Waals surface area contributed by atoms with Crippen LogP contribution in [0.2, 0.25) is 0 Å². The number of anilines is 1. The molecule has 0 aliphatic carbocycles. The smallest absolute Gasteiger partial charge is 0.572 e. The highest BCUT2D eigenvalue weighted by molar-refractivity contribution is 6.35. The van der Waals surface area contributed by atoms with Gasteiger partial charge in [-0.05, 0) is 34.1 Å². The number of hydrogen-bond donors (Lipinski definition) is 0. The van der Waals surface area contributed by atoms with E-state index in [9.17, 15) is 0 Å². The Bertz CT molecular complexity index is 399. The molecule has 17 heavy (non-hydrogen) atoms. The molecule has 0 atom stereocenters. The number of rotatable bonds is 1. The predicted octanol–water partition coefficient (Wildman–Crippen LogP) is 3.11. The van der Waals surface area contributed by atoms with Crippen molar-refractivity contribution >= 4 is 19.0 Å².